The molecule has 1 atom stereocenters. The van der Waals surface area contributed by atoms with Gasteiger partial charge in [0.2, 0.25) is 0 Å². The summed E-state index contributed by atoms with van der Waals surface area (Å²) in [6.45, 7) is 0.225. The number of aryl methyl sites for hydroxylation is 1. The van der Waals surface area contributed by atoms with Crippen molar-refractivity contribution in [1.82, 2.24) is 0 Å². The van der Waals surface area contributed by atoms with E-state index in [2.05, 4.69) is 34.3 Å². The molecule has 1 aliphatic rings. The van der Waals surface area contributed by atoms with Crippen LogP contribution in [0.5, 0.6) is 0 Å². The van der Waals surface area contributed by atoms with Gasteiger partial charge in [0.05, 0.1) is 7.11 Å². The maximum atomic E-state index is 12.6. The lowest BCUT2D eigenvalue weighted by molar-refractivity contribution is -0.150. The molecule has 0 unspecified atom stereocenters. The Balaban J connectivity index is 1.41. The van der Waals surface area contributed by atoms with E-state index in [0.717, 1.165) is 16.7 Å². The van der Waals surface area contributed by atoms with E-state index in [1.165, 1.54) is 18.2 Å². The maximum Gasteiger partial charge on any atom is 0.411 e. The van der Waals surface area contributed by atoms with Crippen LogP contribution in [0, 0.1) is 0 Å². The monoisotopic (exact) mass is 431 g/mol. The zero-order chi connectivity index (χ0) is 22.5. The maximum absolute atomic E-state index is 12.6. The van der Waals surface area contributed by atoms with Crippen LogP contribution in [0.25, 0.3) is 11.1 Å². The first kappa shape index (κ1) is 21.6. The van der Waals surface area contributed by atoms with Crippen molar-refractivity contribution in [2.45, 2.75) is 24.9 Å². The van der Waals surface area contributed by atoms with Crippen molar-refractivity contribution in [3.05, 3.63) is 89.5 Å². The average Bonchev–Trinajstić information content (AvgIpc) is 3.15. The number of amides is 1. The molecular formula is C26H25NO5. The van der Waals surface area contributed by atoms with Crippen molar-refractivity contribution in [3.8, 4) is 11.1 Å². The van der Waals surface area contributed by atoms with Crippen LogP contribution in [0.3, 0.4) is 0 Å². The van der Waals surface area contributed by atoms with Gasteiger partial charge in [0.15, 0.2) is 6.10 Å². The molecule has 0 bridgehead atoms. The van der Waals surface area contributed by atoms with E-state index in [-0.39, 0.29) is 18.9 Å². The molecule has 0 fully saturated rings. The summed E-state index contributed by atoms with van der Waals surface area (Å²) in [6, 6.07) is 23.6. The number of para-hydroxylation sites is 1. The quantitative estimate of drug-likeness (QED) is 0.538. The summed E-state index contributed by atoms with van der Waals surface area (Å²) < 4.78 is 10.2. The number of esters is 1. The number of methoxy groups -OCH3 is 1. The van der Waals surface area contributed by atoms with Crippen LogP contribution < -0.4 is 5.32 Å². The van der Waals surface area contributed by atoms with Gasteiger partial charge < -0.3 is 14.6 Å². The summed E-state index contributed by atoms with van der Waals surface area (Å²) in [5, 5.41) is 12.6. The van der Waals surface area contributed by atoms with Crippen molar-refractivity contribution >= 4 is 17.7 Å². The number of nitrogens with one attached hydrogen (secondary N) is 1. The number of carbonyl (C=O) groups is 2. The third kappa shape index (κ3) is 4.50. The Labute approximate surface area is 186 Å². The number of hydrogen-bond acceptors (Lipinski definition) is 5. The fraction of sp³-hybridized carbons (Fsp3) is 0.231. The summed E-state index contributed by atoms with van der Waals surface area (Å²) in [5.74, 6) is -0.689. The van der Waals surface area contributed by atoms with E-state index in [0.29, 0.717) is 12.1 Å². The second-order valence-electron chi connectivity index (χ2n) is 7.69. The minimum absolute atomic E-state index is 0.0152. The van der Waals surface area contributed by atoms with Crippen LogP contribution >= 0.6 is 0 Å². The molecule has 0 saturated heterocycles. The average molecular weight is 431 g/mol. The van der Waals surface area contributed by atoms with Crippen LogP contribution in [0.15, 0.2) is 72.8 Å². The molecule has 0 aromatic heterocycles. The smallest absolute Gasteiger partial charge is 0.411 e. The summed E-state index contributed by atoms with van der Waals surface area (Å²) >= 11 is 0. The Morgan fingerprint density at radius 3 is 2.19 bits per heavy atom. The normalized spacial score (nSPS) is 13.1. The summed E-state index contributed by atoms with van der Waals surface area (Å²) in [7, 11) is 1.23. The van der Waals surface area contributed by atoms with Gasteiger partial charge in [0.1, 0.15) is 6.61 Å². The second-order valence-corrected chi connectivity index (χ2v) is 7.69. The molecular weight excluding hydrogens is 406 g/mol. The summed E-state index contributed by atoms with van der Waals surface area (Å²) in [6.07, 6.45) is -1.16. The van der Waals surface area contributed by atoms with Crippen molar-refractivity contribution in [2.24, 2.45) is 0 Å². The molecule has 0 radical (unpaired) electrons. The van der Waals surface area contributed by atoms with Gasteiger partial charge >= 0.3 is 12.1 Å². The Hall–Kier alpha value is -3.64. The van der Waals surface area contributed by atoms with Crippen molar-refractivity contribution in [1.29, 1.82) is 0 Å². The Kier molecular flexibility index (Phi) is 6.52. The van der Waals surface area contributed by atoms with Crippen LogP contribution in [0.4, 0.5) is 10.5 Å². The number of anilines is 1. The molecule has 0 saturated carbocycles. The van der Waals surface area contributed by atoms with E-state index in [1.807, 2.05) is 36.4 Å². The summed E-state index contributed by atoms with van der Waals surface area (Å²) in [4.78, 5) is 24.0. The third-order valence-corrected chi connectivity index (χ3v) is 5.76. The molecule has 6 heteroatoms. The minimum atomic E-state index is -1.21. The van der Waals surface area contributed by atoms with Gasteiger partial charge in [-0.1, -0.05) is 66.7 Å². The van der Waals surface area contributed by atoms with E-state index in [1.54, 1.807) is 12.1 Å². The highest BCUT2D eigenvalue weighted by molar-refractivity contribution is 5.86. The Bertz CT molecular complexity index is 1080. The number of aliphatic hydroxyl groups is 1. The van der Waals surface area contributed by atoms with Gasteiger partial charge in [-0.15, -0.1) is 0 Å². The first-order chi connectivity index (χ1) is 15.6. The highest BCUT2D eigenvalue weighted by Gasteiger charge is 2.29. The first-order valence-electron chi connectivity index (χ1n) is 10.5. The van der Waals surface area contributed by atoms with Crippen LogP contribution in [0.1, 0.15) is 29.0 Å². The van der Waals surface area contributed by atoms with Gasteiger partial charge in [-0.2, -0.15) is 0 Å². The van der Waals surface area contributed by atoms with Crippen LogP contribution in [0.2, 0.25) is 0 Å². The molecule has 6 nitrogen and oxygen atoms in total. The van der Waals surface area contributed by atoms with Gasteiger partial charge in [-0.05, 0) is 46.7 Å². The predicted octanol–water partition coefficient (Wildman–Crippen LogP) is 4.51. The van der Waals surface area contributed by atoms with Gasteiger partial charge in [0.25, 0.3) is 0 Å². The number of rotatable bonds is 7. The minimum Gasteiger partial charge on any atom is -0.467 e. The molecule has 0 spiro atoms. The molecule has 4 rings (SSSR count). The molecule has 2 N–H and O–H groups in total. The van der Waals surface area contributed by atoms with Crippen molar-refractivity contribution in [3.63, 3.8) is 0 Å². The number of hydrogen-bond donors (Lipinski definition) is 2. The largest absolute Gasteiger partial charge is 0.467 e. The molecule has 164 valence electrons. The molecule has 3 aromatic rings. The number of benzene rings is 3. The zero-order valence-corrected chi connectivity index (χ0v) is 17.8. The fourth-order valence-corrected chi connectivity index (χ4v) is 4.15. The molecule has 3 aromatic carbocycles. The lowest BCUT2D eigenvalue weighted by Gasteiger charge is -2.16. The van der Waals surface area contributed by atoms with Gasteiger partial charge in [-0.3, -0.25) is 5.32 Å². The van der Waals surface area contributed by atoms with E-state index in [4.69, 9.17) is 4.74 Å². The predicted molar refractivity (Wildman–Crippen MR) is 121 cm³/mol. The van der Waals surface area contributed by atoms with Gasteiger partial charge in [0, 0.05) is 11.6 Å². The first-order valence-corrected chi connectivity index (χ1v) is 10.5. The lowest BCUT2D eigenvalue weighted by Crippen LogP contribution is -2.22. The van der Waals surface area contributed by atoms with Crippen molar-refractivity contribution < 1.29 is 24.2 Å². The van der Waals surface area contributed by atoms with E-state index in [9.17, 15) is 14.7 Å². The topological polar surface area (TPSA) is 84.9 Å². The molecule has 32 heavy (non-hydrogen) atoms. The SMILES string of the molecule is COC(=O)[C@H](O)CCc1ccccc1NC(=O)OCC1c2ccccc2-c2ccccc21. The molecule has 0 heterocycles. The second kappa shape index (κ2) is 9.66. The molecule has 1 aliphatic carbocycles. The molecule has 0 aliphatic heterocycles. The molecule has 1 amide bonds. The van der Waals surface area contributed by atoms with E-state index >= 15 is 0 Å². The highest BCUT2D eigenvalue weighted by Crippen LogP contribution is 2.44. The fourth-order valence-electron chi connectivity index (χ4n) is 4.15. The Morgan fingerprint density at radius 2 is 1.53 bits per heavy atom. The van der Waals surface area contributed by atoms with Crippen LogP contribution in [-0.4, -0.2) is 37.0 Å². The highest BCUT2D eigenvalue weighted by atomic mass is 16.5. The van der Waals surface area contributed by atoms with E-state index < -0.39 is 18.2 Å². The Morgan fingerprint density at radius 1 is 0.938 bits per heavy atom. The summed E-state index contributed by atoms with van der Waals surface area (Å²) in [5.41, 5.74) is 6.03. The number of ether oxygens (including phenoxy) is 2. The third-order valence-electron chi connectivity index (χ3n) is 5.76. The lowest BCUT2D eigenvalue weighted by atomic mass is 9.98. The number of fused-ring (bicyclic) bond motifs is 3. The van der Waals surface area contributed by atoms with Crippen LogP contribution in [-0.2, 0) is 20.7 Å². The van der Waals surface area contributed by atoms with Crippen molar-refractivity contribution in [2.75, 3.05) is 19.0 Å². The zero-order valence-electron chi connectivity index (χ0n) is 17.8. The van der Waals surface area contributed by atoms with Gasteiger partial charge in [-0.25, -0.2) is 9.59 Å². The number of aliphatic hydroxyl groups excluding tert-OH is 1. The standard InChI is InChI=1S/C26H25NO5/c1-31-25(29)24(28)15-14-17-8-2-7-13-23(17)27-26(30)32-16-22-20-11-5-3-9-18(20)19-10-4-6-12-21(19)22/h2-13,22,24,28H,14-16H2,1H3,(H,27,30)/t24-/m1/s1. The number of carbonyl (C=O) groups excluding carboxylic acids is 2.